The predicted octanol–water partition coefficient (Wildman–Crippen LogP) is 3.30. The van der Waals surface area contributed by atoms with Gasteiger partial charge in [0.05, 0.1) is 25.4 Å². The Hall–Kier alpha value is -6.17. The predicted molar refractivity (Wildman–Crippen MR) is 200 cm³/mol. The Morgan fingerprint density at radius 2 is 1.58 bits per heavy atom. The second kappa shape index (κ2) is 15.2. The summed E-state index contributed by atoms with van der Waals surface area (Å²) >= 11 is 0. The van der Waals surface area contributed by atoms with E-state index in [0.29, 0.717) is 17.7 Å². The van der Waals surface area contributed by atoms with Crippen molar-refractivity contribution in [2.75, 3.05) is 40.3 Å². The van der Waals surface area contributed by atoms with Gasteiger partial charge in [0, 0.05) is 55.9 Å². The van der Waals surface area contributed by atoms with Crippen molar-refractivity contribution in [1.82, 2.24) is 30.3 Å². The molecule has 0 spiro atoms. The molecule has 2 aliphatic heterocycles. The second-order valence-corrected chi connectivity index (χ2v) is 13.9. The Balaban J connectivity index is 1.08. The number of hydrogen-bond donors (Lipinski definition) is 3. The van der Waals surface area contributed by atoms with Gasteiger partial charge in [0.2, 0.25) is 23.6 Å². The number of aromatic amines is 1. The van der Waals surface area contributed by atoms with E-state index in [1.54, 1.807) is 36.2 Å². The molecule has 7 rings (SSSR count). The van der Waals surface area contributed by atoms with E-state index in [-0.39, 0.29) is 62.8 Å². The minimum Gasteiger partial charge on any atom is -0.491 e. The summed E-state index contributed by atoms with van der Waals surface area (Å²) in [6, 6.07) is 26.3. The first-order chi connectivity index (χ1) is 25.6. The molecule has 12 nitrogen and oxygen atoms in total. The molecule has 53 heavy (non-hydrogen) atoms. The summed E-state index contributed by atoms with van der Waals surface area (Å²) in [5.74, 6) is -1.29. The van der Waals surface area contributed by atoms with Gasteiger partial charge in [0.1, 0.15) is 18.4 Å². The molecule has 3 heterocycles. The highest BCUT2D eigenvalue weighted by atomic mass is 16.5. The van der Waals surface area contributed by atoms with Crippen LogP contribution < -0.4 is 15.4 Å². The molecule has 0 unspecified atom stereocenters. The van der Waals surface area contributed by atoms with E-state index >= 15 is 0 Å². The van der Waals surface area contributed by atoms with Gasteiger partial charge in [-0.1, -0.05) is 66.7 Å². The summed E-state index contributed by atoms with van der Waals surface area (Å²) in [5, 5.41) is 8.96. The van der Waals surface area contributed by atoms with Gasteiger partial charge in [-0.2, -0.15) is 0 Å². The zero-order chi connectivity index (χ0) is 37.1. The number of ether oxygens (including phenoxy) is 1. The van der Waals surface area contributed by atoms with E-state index in [1.165, 1.54) is 16.8 Å². The van der Waals surface area contributed by atoms with Crippen LogP contribution in [-0.2, 0) is 32.0 Å². The summed E-state index contributed by atoms with van der Waals surface area (Å²) in [6.45, 7) is -0.0315. The number of carbonyl (C=O) groups excluding carboxylic acids is 5. The molecule has 5 amide bonds. The lowest BCUT2D eigenvalue weighted by molar-refractivity contribution is -0.142. The summed E-state index contributed by atoms with van der Waals surface area (Å²) < 4.78 is 6.14. The van der Waals surface area contributed by atoms with E-state index in [4.69, 9.17) is 4.74 Å². The van der Waals surface area contributed by atoms with Crippen LogP contribution >= 0.6 is 0 Å². The number of hydrogen-bond acceptors (Lipinski definition) is 6. The molecule has 1 aromatic heterocycles. The SMILES string of the molecule is CN1C[C@@H](NC(=O)Cc2ccc3ccccc3c2)C(=O)N(C)CC(=O)N2C[C@@H](NC(=O)Cc3c[nH]c4ccccc34)C[C@H]2COc2cccc(c2)C1=O. The molecule has 5 aromatic rings. The Morgan fingerprint density at radius 1 is 0.811 bits per heavy atom. The highest BCUT2D eigenvalue weighted by molar-refractivity contribution is 5.96. The standard InChI is InChI=1S/C41H42N6O6/c1-45-23-36(44-37(48)17-26-14-15-27-8-3-4-9-28(27)16-26)41(52)46(2)24-39(50)47-22-31(20-32(47)25-53-33-11-7-10-29(18-33)40(45)51)43-38(49)19-30-21-42-35-13-6-5-12-34(30)35/h3-16,18,21,31-32,36,42H,17,19-20,22-25H2,1-2H3,(H,43,49)(H,44,48)/t31-,32-,36+/m0/s1. The lowest BCUT2D eigenvalue weighted by Gasteiger charge is -2.30. The topological polar surface area (TPSA) is 144 Å². The number of amides is 5. The van der Waals surface area contributed by atoms with Gasteiger partial charge in [-0.05, 0) is 52.6 Å². The zero-order valence-electron chi connectivity index (χ0n) is 29.7. The van der Waals surface area contributed by atoms with Crippen molar-refractivity contribution in [3.63, 3.8) is 0 Å². The van der Waals surface area contributed by atoms with Crippen LogP contribution in [0.5, 0.6) is 5.75 Å². The van der Waals surface area contributed by atoms with Crippen LogP contribution in [0.3, 0.4) is 0 Å². The molecule has 0 aliphatic carbocycles. The fourth-order valence-electron chi connectivity index (χ4n) is 7.31. The van der Waals surface area contributed by atoms with E-state index in [9.17, 15) is 24.0 Å². The lowest BCUT2D eigenvalue weighted by atomic mass is 10.0. The summed E-state index contributed by atoms with van der Waals surface area (Å²) in [5.41, 5.74) is 2.96. The van der Waals surface area contributed by atoms with Gasteiger partial charge >= 0.3 is 0 Å². The molecule has 272 valence electrons. The average molecular weight is 715 g/mol. The molecule has 3 atom stereocenters. The third kappa shape index (κ3) is 8.01. The maximum absolute atomic E-state index is 14.0. The molecular formula is C41H42N6O6. The monoisotopic (exact) mass is 714 g/mol. The number of carbonyl (C=O) groups is 5. The average Bonchev–Trinajstić information content (AvgIpc) is 3.76. The second-order valence-electron chi connectivity index (χ2n) is 13.9. The van der Waals surface area contributed by atoms with Crippen molar-refractivity contribution in [2.45, 2.75) is 37.4 Å². The number of likely N-dealkylation sites (N-methyl/N-ethyl adjacent to an activating group) is 2. The number of para-hydroxylation sites is 1. The van der Waals surface area contributed by atoms with Gasteiger partial charge in [-0.15, -0.1) is 0 Å². The van der Waals surface area contributed by atoms with Crippen molar-refractivity contribution in [2.24, 2.45) is 0 Å². The highest BCUT2D eigenvalue weighted by Gasteiger charge is 2.38. The fourth-order valence-corrected chi connectivity index (χ4v) is 7.31. The molecule has 12 heteroatoms. The lowest BCUT2D eigenvalue weighted by Crippen LogP contribution is -2.55. The summed E-state index contributed by atoms with van der Waals surface area (Å²) in [7, 11) is 3.08. The van der Waals surface area contributed by atoms with Gasteiger partial charge in [0.15, 0.2) is 0 Å². The van der Waals surface area contributed by atoms with Gasteiger partial charge in [0.25, 0.3) is 5.91 Å². The van der Waals surface area contributed by atoms with Crippen LogP contribution in [0.1, 0.15) is 27.9 Å². The number of fused-ring (bicyclic) bond motifs is 5. The minimum atomic E-state index is -1.12. The highest BCUT2D eigenvalue weighted by Crippen LogP contribution is 2.24. The van der Waals surface area contributed by atoms with E-state index in [1.807, 2.05) is 72.9 Å². The van der Waals surface area contributed by atoms with Crippen molar-refractivity contribution in [3.8, 4) is 5.75 Å². The molecule has 0 radical (unpaired) electrons. The summed E-state index contributed by atoms with van der Waals surface area (Å²) in [6.07, 6.45) is 2.48. The number of aromatic nitrogens is 1. The van der Waals surface area contributed by atoms with Crippen molar-refractivity contribution in [3.05, 3.63) is 114 Å². The maximum Gasteiger partial charge on any atom is 0.253 e. The number of benzene rings is 4. The first-order valence-corrected chi connectivity index (χ1v) is 17.8. The van der Waals surface area contributed by atoms with Crippen LogP contribution in [0.2, 0.25) is 0 Å². The molecule has 3 N–H and O–H groups in total. The molecule has 1 saturated heterocycles. The van der Waals surface area contributed by atoms with E-state index in [0.717, 1.165) is 32.8 Å². The van der Waals surface area contributed by atoms with Crippen molar-refractivity contribution < 1.29 is 28.7 Å². The van der Waals surface area contributed by atoms with Crippen LogP contribution in [-0.4, -0.2) is 108 Å². The minimum absolute atomic E-state index is 0.0250. The van der Waals surface area contributed by atoms with Crippen LogP contribution in [0.25, 0.3) is 21.7 Å². The number of nitrogens with one attached hydrogen (secondary N) is 3. The Bertz CT molecular complexity index is 2200. The first-order valence-electron chi connectivity index (χ1n) is 17.8. The number of rotatable bonds is 6. The van der Waals surface area contributed by atoms with Gasteiger partial charge in [-0.25, -0.2) is 0 Å². The number of H-pyrrole nitrogens is 1. The molecule has 0 saturated carbocycles. The quantitative estimate of drug-likeness (QED) is 0.246. The molecule has 2 aliphatic rings. The molecular weight excluding hydrogens is 672 g/mol. The largest absolute Gasteiger partial charge is 0.491 e. The first kappa shape index (κ1) is 35.2. The maximum atomic E-state index is 14.0. The molecule has 4 aromatic carbocycles. The Labute approximate surface area is 307 Å². The van der Waals surface area contributed by atoms with Gasteiger partial charge in [-0.3, -0.25) is 24.0 Å². The molecule has 2 bridgehead atoms. The smallest absolute Gasteiger partial charge is 0.253 e. The zero-order valence-corrected chi connectivity index (χ0v) is 29.7. The Kier molecular flexibility index (Phi) is 10.1. The third-order valence-corrected chi connectivity index (χ3v) is 10.0. The van der Waals surface area contributed by atoms with Crippen molar-refractivity contribution in [1.29, 1.82) is 0 Å². The normalized spacial score (nSPS) is 19.8. The van der Waals surface area contributed by atoms with Crippen LogP contribution in [0.15, 0.2) is 97.2 Å². The fraction of sp³-hybridized carbons (Fsp3) is 0.293. The van der Waals surface area contributed by atoms with Crippen molar-refractivity contribution >= 4 is 51.2 Å². The van der Waals surface area contributed by atoms with E-state index in [2.05, 4.69) is 15.6 Å². The van der Waals surface area contributed by atoms with Crippen LogP contribution in [0.4, 0.5) is 0 Å². The van der Waals surface area contributed by atoms with Gasteiger partial charge < -0.3 is 35.1 Å². The van der Waals surface area contributed by atoms with Crippen LogP contribution in [0, 0.1) is 0 Å². The summed E-state index contributed by atoms with van der Waals surface area (Å²) in [4.78, 5) is 75.6. The third-order valence-electron chi connectivity index (χ3n) is 10.0. The Morgan fingerprint density at radius 3 is 2.43 bits per heavy atom. The van der Waals surface area contributed by atoms with E-state index < -0.39 is 23.9 Å². The number of nitrogens with zero attached hydrogens (tertiary/aromatic N) is 3. The molecule has 1 fully saturated rings.